The van der Waals surface area contributed by atoms with Crippen molar-refractivity contribution in [1.29, 1.82) is 0 Å². The van der Waals surface area contributed by atoms with Crippen LogP contribution in [0.15, 0.2) is 48.5 Å². The molecule has 0 spiro atoms. The zero-order valence-corrected chi connectivity index (χ0v) is 21.5. The Hall–Kier alpha value is -4.20. The van der Waals surface area contributed by atoms with Gasteiger partial charge in [0.15, 0.2) is 0 Å². The Bertz CT molecular complexity index is 1420. The van der Waals surface area contributed by atoms with Gasteiger partial charge in [0.25, 0.3) is 11.8 Å². The van der Waals surface area contributed by atoms with E-state index in [1.54, 1.807) is 0 Å². The molecule has 0 radical (unpaired) electrons. The number of anilines is 2. The van der Waals surface area contributed by atoms with Gasteiger partial charge < -0.3 is 10.6 Å². The van der Waals surface area contributed by atoms with Crippen molar-refractivity contribution in [3.63, 3.8) is 0 Å². The molecule has 2 rings (SSSR count). The number of benzene rings is 2. The fraction of sp³-hybridized carbons (Fsp3) is 0.200. The Morgan fingerprint density at radius 2 is 0.825 bits per heavy atom. The number of hydrogen-bond donors (Lipinski definition) is 2. The summed E-state index contributed by atoms with van der Waals surface area (Å²) in [6, 6.07) is 4.64. The molecule has 2 N–H and O–H groups in total. The largest absolute Gasteiger partial charge is 0.517 e. The van der Waals surface area contributed by atoms with E-state index in [0.717, 1.165) is 14.1 Å². The van der Waals surface area contributed by atoms with E-state index in [-0.39, 0.29) is 11.1 Å². The lowest BCUT2D eigenvalue weighted by Crippen LogP contribution is -2.54. The van der Waals surface area contributed by atoms with Gasteiger partial charge in [-0.05, 0) is 48.5 Å². The van der Waals surface area contributed by atoms with Crippen molar-refractivity contribution < 1.29 is 62.4 Å². The Labute approximate surface area is 221 Å². The van der Waals surface area contributed by atoms with Gasteiger partial charge in [-0.1, -0.05) is 0 Å². The summed E-state index contributed by atoms with van der Waals surface area (Å²) in [6.07, 6.45) is 0. The minimum Gasteiger partial charge on any atom is -0.355 e. The minimum absolute atomic E-state index is 0.271. The zero-order valence-electron chi connectivity index (χ0n) is 19.9. The molecule has 0 aromatic heterocycles. The van der Waals surface area contributed by atoms with E-state index in [4.69, 9.17) is 0 Å². The first kappa shape index (κ1) is 32.0. The van der Waals surface area contributed by atoms with E-state index in [1.807, 2.05) is 0 Å². The number of carbonyl (C=O) groups is 4. The van der Waals surface area contributed by atoms with Crippen LogP contribution < -0.4 is 19.2 Å². The number of amides is 4. The summed E-state index contributed by atoms with van der Waals surface area (Å²) in [5, 5.41) is 4.25. The van der Waals surface area contributed by atoms with Crippen molar-refractivity contribution in [1.82, 2.24) is 10.6 Å². The van der Waals surface area contributed by atoms with Gasteiger partial charge in [0.1, 0.15) is 0 Å². The predicted octanol–water partition coefficient (Wildman–Crippen LogP) is 1.47. The summed E-state index contributed by atoms with van der Waals surface area (Å²) < 4.78 is 127. The van der Waals surface area contributed by atoms with Gasteiger partial charge in [0.2, 0.25) is 0 Å². The fourth-order valence-corrected chi connectivity index (χ4v) is 4.70. The van der Waals surface area contributed by atoms with Crippen LogP contribution in [-0.4, -0.2) is 65.6 Å². The van der Waals surface area contributed by atoms with Crippen LogP contribution in [0, 0.1) is 0 Å². The Morgan fingerprint density at radius 3 is 1.02 bits per heavy atom. The Morgan fingerprint density at radius 1 is 0.575 bits per heavy atom. The maximum absolute atomic E-state index is 13.4. The molecule has 0 aliphatic rings. The van der Waals surface area contributed by atoms with Crippen LogP contribution in [0.25, 0.3) is 0 Å². The van der Waals surface area contributed by atoms with Crippen LogP contribution >= 0.6 is 0 Å². The molecule has 0 fully saturated rings. The van der Waals surface area contributed by atoms with Crippen molar-refractivity contribution >= 4 is 55.1 Å². The van der Waals surface area contributed by atoms with Gasteiger partial charge in [0, 0.05) is 25.2 Å². The quantitative estimate of drug-likeness (QED) is 0.363. The molecule has 2 aromatic carbocycles. The molecule has 2 aromatic rings. The van der Waals surface area contributed by atoms with Gasteiger partial charge in [-0.2, -0.15) is 51.8 Å². The van der Waals surface area contributed by atoms with Gasteiger partial charge in [-0.25, -0.2) is 0 Å². The first-order chi connectivity index (χ1) is 18.2. The summed E-state index contributed by atoms with van der Waals surface area (Å²) in [4.78, 5) is 49.2. The van der Waals surface area contributed by atoms with E-state index in [9.17, 15) is 62.4 Å². The van der Waals surface area contributed by atoms with Crippen molar-refractivity contribution in [2.24, 2.45) is 0 Å². The van der Waals surface area contributed by atoms with Crippen molar-refractivity contribution in [2.45, 2.75) is 11.0 Å². The molecule has 20 heteroatoms. The van der Waals surface area contributed by atoms with Crippen molar-refractivity contribution in [2.75, 3.05) is 22.7 Å². The van der Waals surface area contributed by atoms with E-state index < -0.39 is 74.7 Å². The molecule has 0 aliphatic carbocycles. The molecular weight excluding hydrogens is 602 g/mol. The third-order valence-electron chi connectivity index (χ3n) is 4.80. The van der Waals surface area contributed by atoms with E-state index in [1.165, 1.54) is 0 Å². The van der Waals surface area contributed by atoms with Crippen LogP contribution in [-0.2, 0) is 29.6 Å². The smallest absolute Gasteiger partial charge is 0.355 e. The third kappa shape index (κ3) is 6.01. The van der Waals surface area contributed by atoms with Gasteiger partial charge >= 0.3 is 42.9 Å². The molecule has 0 unspecified atom stereocenters. The highest BCUT2D eigenvalue weighted by atomic mass is 32.2. The Balaban J connectivity index is 2.79. The van der Waals surface area contributed by atoms with Crippen LogP contribution in [0.3, 0.4) is 0 Å². The molecule has 218 valence electrons. The average molecular weight is 618 g/mol. The maximum atomic E-state index is 13.4. The lowest BCUT2D eigenvalue weighted by Gasteiger charge is -2.27. The molecule has 0 heterocycles. The molecule has 0 atom stereocenters. The van der Waals surface area contributed by atoms with Crippen molar-refractivity contribution in [3.05, 3.63) is 59.7 Å². The molecule has 0 aliphatic heterocycles. The SMILES string of the molecule is CNC(=O)c1ccc(N(C(=O)C(=O)N(c2ccc(C(=O)NC)cc2)S(=O)(=O)C(F)(F)F)S(=O)(=O)C(F)(F)F)cc1. The van der Waals surface area contributed by atoms with Crippen LogP contribution in [0.1, 0.15) is 20.7 Å². The molecule has 0 saturated carbocycles. The highest BCUT2D eigenvalue weighted by molar-refractivity contribution is 7.95. The van der Waals surface area contributed by atoms with Gasteiger partial charge in [-0.3, -0.25) is 19.2 Å². The number of sulfonamides is 2. The number of alkyl halides is 6. The van der Waals surface area contributed by atoms with E-state index in [2.05, 4.69) is 10.6 Å². The number of nitrogens with zero attached hydrogens (tertiary/aromatic N) is 2. The molecule has 40 heavy (non-hydrogen) atoms. The monoisotopic (exact) mass is 618 g/mol. The standard InChI is InChI=1S/C20H16F6N4O8S2/c1-27-15(31)11-3-7-13(8-4-11)29(39(35,36)19(21,22)23)17(33)18(34)30(40(37,38)20(24,25)26)14-9-5-12(6-10-14)16(32)28-2/h3-10H,1-2H3,(H,27,31)(H,28,32). The first-order valence-corrected chi connectivity index (χ1v) is 13.1. The van der Waals surface area contributed by atoms with Gasteiger partial charge in [-0.15, -0.1) is 0 Å². The van der Waals surface area contributed by atoms with E-state index >= 15 is 0 Å². The minimum atomic E-state index is -6.89. The summed E-state index contributed by atoms with van der Waals surface area (Å²) in [5.41, 5.74) is -15.7. The van der Waals surface area contributed by atoms with Crippen molar-refractivity contribution in [3.8, 4) is 0 Å². The topological polar surface area (TPSA) is 167 Å². The van der Waals surface area contributed by atoms with E-state index in [0.29, 0.717) is 48.5 Å². The number of carbonyl (C=O) groups excluding carboxylic acids is 4. The second-order valence-electron chi connectivity index (χ2n) is 7.29. The number of rotatable bonds is 6. The maximum Gasteiger partial charge on any atom is 0.517 e. The number of hydrogen-bond acceptors (Lipinski definition) is 8. The average Bonchev–Trinajstić information content (AvgIpc) is 2.87. The van der Waals surface area contributed by atoms with Gasteiger partial charge in [0.05, 0.1) is 11.4 Å². The third-order valence-corrected chi connectivity index (χ3v) is 7.68. The fourth-order valence-electron chi connectivity index (χ4n) is 2.90. The summed E-state index contributed by atoms with van der Waals surface area (Å²) >= 11 is 0. The molecule has 4 amide bonds. The lowest BCUT2D eigenvalue weighted by molar-refractivity contribution is -0.135. The lowest BCUT2D eigenvalue weighted by atomic mass is 10.2. The molecule has 0 bridgehead atoms. The molecule has 12 nitrogen and oxygen atoms in total. The Kier molecular flexibility index (Phi) is 8.90. The number of halogens is 6. The second kappa shape index (κ2) is 11.1. The second-order valence-corrected chi connectivity index (χ2v) is 10.8. The molecule has 0 saturated heterocycles. The van der Waals surface area contributed by atoms with Crippen LogP contribution in [0.4, 0.5) is 37.7 Å². The zero-order chi connectivity index (χ0) is 30.8. The predicted molar refractivity (Wildman–Crippen MR) is 125 cm³/mol. The highest BCUT2D eigenvalue weighted by Gasteiger charge is 2.58. The van der Waals surface area contributed by atoms with Crippen LogP contribution in [0.2, 0.25) is 0 Å². The highest BCUT2D eigenvalue weighted by Crippen LogP contribution is 2.35. The summed E-state index contributed by atoms with van der Waals surface area (Å²) in [5.74, 6) is -7.40. The first-order valence-electron chi connectivity index (χ1n) is 10.2. The normalized spacial score (nSPS) is 12.3. The number of nitrogens with one attached hydrogen (secondary N) is 2. The molecular formula is C20H16F6N4O8S2. The summed E-state index contributed by atoms with van der Waals surface area (Å²) in [7, 11) is -11.4. The van der Waals surface area contributed by atoms with Crippen LogP contribution in [0.5, 0.6) is 0 Å². The summed E-state index contributed by atoms with van der Waals surface area (Å²) in [6.45, 7) is 0.